The monoisotopic (exact) mass is 524 g/mol. The zero-order chi connectivity index (χ0) is 24.2. The van der Waals surface area contributed by atoms with E-state index >= 15 is 0 Å². The van der Waals surface area contributed by atoms with Gasteiger partial charge in [0.2, 0.25) is 0 Å². The van der Waals surface area contributed by atoms with Crippen LogP contribution in [0.2, 0.25) is 0 Å². The third kappa shape index (κ3) is 4.46. The number of methoxy groups -OCH3 is 4. The van der Waals surface area contributed by atoms with Gasteiger partial charge in [-0.15, -0.1) is 0 Å². The number of esters is 1. The zero-order valence-electron chi connectivity index (χ0n) is 19.4. The van der Waals surface area contributed by atoms with Gasteiger partial charge in [-0.25, -0.2) is 4.99 Å². The lowest BCUT2D eigenvalue weighted by Crippen LogP contribution is -2.42. The molecule has 0 saturated heterocycles. The molecule has 3 aromatic carbocycles. The molecule has 0 amide bonds. The SMILES string of the molecule is COC(=O)CN1C(c2cc(OC)c(OC)cc2OC)=Nc2ccc(Br)cc2C1c1ccccc1. The van der Waals surface area contributed by atoms with Crippen LogP contribution in [0.25, 0.3) is 0 Å². The number of hydrogen-bond donors (Lipinski definition) is 0. The largest absolute Gasteiger partial charge is 0.496 e. The van der Waals surface area contributed by atoms with Gasteiger partial charge in [-0.2, -0.15) is 0 Å². The summed E-state index contributed by atoms with van der Waals surface area (Å²) in [6.45, 7) is -0.0155. The second kappa shape index (κ2) is 10.2. The highest BCUT2D eigenvalue weighted by Gasteiger charge is 2.35. The predicted molar refractivity (Wildman–Crippen MR) is 133 cm³/mol. The molecule has 34 heavy (non-hydrogen) atoms. The number of hydrogen-bond acceptors (Lipinski definition) is 7. The number of ether oxygens (including phenoxy) is 4. The third-order valence-corrected chi connectivity index (χ3v) is 6.18. The van der Waals surface area contributed by atoms with Gasteiger partial charge in [-0.1, -0.05) is 46.3 Å². The molecule has 0 aromatic heterocycles. The van der Waals surface area contributed by atoms with E-state index in [1.807, 2.05) is 59.5 Å². The highest BCUT2D eigenvalue weighted by atomic mass is 79.9. The molecule has 1 atom stereocenters. The second-order valence-electron chi connectivity index (χ2n) is 7.56. The van der Waals surface area contributed by atoms with E-state index in [-0.39, 0.29) is 18.6 Å². The Bertz CT molecular complexity index is 1230. The maximum atomic E-state index is 12.6. The van der Waals surface area contributed by atoms with Crippen molar-refractivity contribution in [3.05, 3.63) is 81.8 Å². The second-order valence-corrected chi connectivity index (χ2v) is 8.48. The molecule has 0 saturated carbocycles. The number of aliphatic imine (C=N–C) groups is 1. The number of rotatable bonds is 7. The number of carbonyl (C=O) groups is 1. The van der Waals surface area contributed by atoms with Crippen LogP contribution in [0.15, 0.2) is 70.1 Å². The van der Waals surface area contributed by atoms with Crippen LogP contribution in [0.4, 0.5) is 5.69 Å². The summed E-state index contributed by atoms with van der Waals surface area (Å²) in [4.78, 5) is 19.5. The lowest BCUT2D eigenvalue weighted by atomic mass is 9.92. The zero-order valence-corrected chi connectivity index (χ0v) is 21.0. The summed E-state index contributed by atoms with van der Waals surface area (Å²) in [7, 11) is 6.10. The molecule has 1 heterocycles. The van der Waals surface area contributed by atoms with Gasteiger partial charge < -0.3 is 23.8 Å². The Balaban J connectivity index is 2.00. The van der Waals surface area contributed by atoms with Gasteiger partial charge in [0.15, 0.2) is 11.5 Å². The molecule has 3 aromatic rings. The average molecular weight is 525 g/mol. The van der Waals surface area contributed by atoms with E-state index < -0.39 is 0 Å². The van der Waals surface area contributed by atoms with Gasteiger partial charge in [-0.05, 0) is 29.8 Å². The normalized spacial score (nSPS) is 14.7. The van der Waals surface area contributed by atoms with Crippen LogP contribution in [0.5, 0.6) is 17.2 Å². The van der Waals surface area contributed by atoms with Gasteiger partial charge in [0.05, 0.1) is 45.7 Å². The van der Waals surface area contributed by atoms with Crippen LogP contribution in [-0.2, 0) is 9.53 Å². The number of amidine groups is 1. The van der Waals surface area contributed by atoms with Crippen molar-refractivity contribution in [1.29, 1.82) is 0 Å². The maximum Gasteiger partial charge on any atom is 0.325 e. The molecule has 1 unspecified atom stereocenters. The summed E-state index contributed by atoms with van der Waals surface area (Å²) in [6.07, 6.45) is 0. The topological polar surface area (TPSA) is 69.6 Å². The number of benzene rings is 3. The van der Waals surface area contributed by atoms with Crippen LogP contribution in [0, 0.1) is 0 Å². The minimum Gasteiger partial charge on any atom is -0.496 e. The maximum absolute atomic E-state index is 12.6. The van der Waals surface area contributed by atoms with Crippen LogP contribution >= 0.6 is 15.9 Å². The molecule has 0 spiro atoms. The first-order chi connectivity index (χ1) is 16.5. The Labute approximate surface area is 207 Å². The molecule has 1 aliphatic heterocycles. The lowest BCUT2D eigenvalue weighted by molar-refractivity contribution is -0.141. The standard InChI is InChI=1S/C26H25BrN2O5/c1-31-21-14-23(33-3)22(32-2)13-19(21)26-28-20-11-10-17(27)12-18(20)25(16-8-6-5-7-9-16)29(26)15-24(30)34-4/h5-14,25H,15H2,1-4H3. The molecule has 1 aliphatic rings. The van der Waals surface area contributed by atoms with Crippen LogP contribution in [0.1, 0.15) is 22.7 Å². The number of halogens is 1. The van der Waals surface area contributed by atoms with Crippen LogP contribution in [0.3, 0.4) is 0 Å². The summed E-state index contributed by atoms with van der Waals surface area (Å²) in [5.41, 5.74) is 3.44. The fourth-order valence-electron chi connectivity index (χ4n) is 4.10. The fourth-order valence-corrected chi connectivity index (χ4v) is 4.48. The van der Waals surface area contributed by atoms with Crippen molar-refractivity contribution in [2.24, 2.45) is 4.99 Å². The van der Waals surface area contributed by atoms with E-state index in [0.717, 1.165) is 21.3 Å². The van der Waals surface area contributed by atoms with E-state index in [1.165, 1.54) is 7.11 Å². The summed E-state index contributed by atoms with van der Waals surface area (Å²) >= 11 is 3.58. The van der Waals surface area contributed by atoms with E-state index in [0.29, 0.717) is 28.6 Å². The van der Waals surface area contributed by atoms with Gasteiger partial charge in [0.25, 0.3) is 0 Å². The first-order valence-corrected chi connectivity index (χ1v) is 11.4. The minimum absolute atomic E-state index is 0.0155. The quantitative estimate of drug-likeness (QED) is 0.399. The molecule has 0 fully saturated rings. The molecule has 4 rings (SSSR count). The predicted octanol–water partition coefficient (Wildman–Crippen LogP) is 5.13. The van der Waals surface area contributed by atoms with Crippen molar-refractivity contribution in [2.45, 2.75) is 6.04 Å². The Kier molecular flexibility index (Phi) is 7.07. The van der Waals surface area contributed by atoms with Crippen molar-refractivity contribution in [3.63, 3.8) is 0 Å². The molecular weight excluding hydrogens is 500 g/mol. The van der Waals surface area contributed by atoms with E-state index in [9.17, 15) is 4.79 Å². The lowest BCUT2D eigenvalue weighted by Gasteiger charge is -2.38. The fraction of sp³-hybridized carbons (Fsp3) is 0.231. The Morgan fingerprint density at radius 3 is 2.24 bits per heavy atom. The van der Waals surface area contributed by atoms with E-state index in [4.69, 9.17) is 23.9 Å². The average Bonchev–Trinajstić information content (AvgIpc) is 2.87. The summed E-state index contributed by atoms with van der Waals surface area (Å²) in [5.74, 6) is 1.77. The van der Waals surface area contributed by atoms with E-state index in [2.05, 4.69) is 15.9 Å². The van der Waals surface area contributed by atoms with Crippen molar-refractivity contribution in [3.8, 4) is 17.2 Å². The van der Waals surface area contributed by atoms with E-state index in [1.54, 1.807) is 27.4 Å². The summed E-state index contributed by atoms with van der Waals surface area (Å²) in [6, 6.07) is 19.2. The van der Waals surface area contributed by atoms with Crippen LogP contribution in [-0.4, -0.2) is 51.7 Å². The summed E-state index contributed by atoms with van der Waals surface area (Å²) in [5, 5.41) is 0. The van der Waals surface area contributed by atoms with Crippen LogP contribution < -0.4 is 14.2 Å². The molecule has 0 aliphatic carbocycles. The van der Waals surface area contributed by atoms with Crippen molar-refractivity contribution in [2.75, 3.05) is 35.0 Å². The Hall–Kier alpha value is -3.52. The molecule has 0 radical (unpaired) electrons. The molecular formula is C26H25BrN2O5. The first kappa shape index (κ1) is 23.6. The van der Waals surface area contributed by atoms with Gasteiger partial charge in [-0.3, -0.25) is 4.79 Å². The highest BCUT2D eigenvalue weighted by Crippen LogP contribution is 2.44. The van der Waals surface area contributed by atoms with Gasteiger partial charge in [0.1, 0.15) is 18.1 Å². The highest BCUT2D eigenvalue weighted by molar-refractivity contribution is 9.10. The van der Waals surface area contributed by atoms with Crippen molar-refractivity contribution >= 4 is 33.4 Å². The smallest absolute Gasteiger partial charge is 0.325 e. The molecule has 0 N–H and O–H groups in total. The summed E-state index contributed by atoms with van der Waals surface area (Å²) < 4.78 is 22.7. The molecule has 0 bridgehead atoms. The number of nitrogens with zero attached hydrogens (tertiary/aromatic N) is 2. The van der Waals surface area contributed by atoms with Crippen molar-refractivity contribution in [1.82, 2.24) is 4.90 Å². The van der Waals surface area contributed by atoms with Gasteiger partial charge in [0, 0.05) is 16.1 Å². The van der Waals surface area contributed by atoms with Crippen molar-refractivity contribution < 1.29 is 23.7 Å². The first-order valence-electron chi connectivity index (χ1n) is 10.6. The minimum atomic E-state index is -0.383. The molecule has 7 nitrogen and oxygen atoms in total. The number of carbonyl (C=O) groups excluding carboxylic acids is 1. The van der Waals surface area contributed by atoms with Gasteiger partial charge >= 0.3 is 5.97 Å². The number of fused-ring (bicyclic) bond motifs is 1. The molecule has 176 valence electrons. The third-order valence-electron chi connectivity index (χ3n) is 5.68. The molecule has 8 heteroatoms. The Morgan fingerprint density at radius 2 is 1.59 bits per heavy atom. The Morgan fingerprint density at radius 1 is 0.912 bits per heavy atom.